The predicted octanol–water partition coefficient (Wildman–Crippen LogP) is 3.17. The minimum Gasteiger partial charge on any atom is -0.482 e. The van der Waals surface area contributed by atoms with Gasteiger partial charge in [-0.05, 0) is 56.2 Å². The average Bonchev–Trinajstić information content (AvgIpc) is 2.56. The Morgan fingerprint density at radius 2 is 1.62 bits per heavy atom. The molecule has 2 aromatic rings. The van der Waals surface area contributed by atoms with Crippen molar-refractivity contribution in [2.75, 3.05) is 18.5 Å². The molecule has 0 aliphatic carbocycles. The molecule has 0 heterocycles. The van der Waals surface area contributed by atoms with E-state index in [4.69, 9.17) is 9.47 Å². The lowest BCUT2D eigenvalue weighted by molar-refractivity contribution is -0.149. The monoisotopic (exact) mass is 327 g/mol. The zero-order valence-corrected chi connectivity index (χ0v) is 14.1. The summed E-state index contributed by atoms with van der Waals surface area (Å²) in [4.78, 5) is 23.4. The lowest BCUT2D eigenvalue weighted by Crippen LogP contribution is -2.23. The molecule has 0 fully saturated rings. The summed E-state index contributed by atoms with van der Waals surface area (Å²) in [6.45, 7) is 5.35. The fraction of sp³-hybridized carbons (Fsp3) is 0.263. The molecule has 1 N–H and O–H groups in total. The fourth-order valence-electron chi connectivity index (χ4n) is 1.97. The molecule has 0 bridgehead atoms. The van der Waals surface area contributed by atoms with Gasteiger partial charge in [0.1, 0.15) is 5.75 Å². The molecule has 0 atom stereocenters. The van der Waals surface area contributed by atoms with Crippen LogP contribution in [0.3, 0.4) is 0 Å². The first kappa shape index (κ1) is 17.5. The van der Waals surface area contributed by atoms with E-state index in [1.165, 1.54) is 0 Å². The third-order valence-electron chi connectivity index (χ3n) is 3.53. The molecule has 2 rings (SSSR count). The number of hydrogen-bond donors (Lipinski definition) is 1. The number of benzene rings is 2. The molecular weight excluding hydrogens is 306 g/mol. The van der Waals surface area contributed by atoms with E-state index in [1.54, 1.807) is 18.2 Å². The molecule has 0 unspecified atom stereocenters. The smallest absolute Gasteiger partial charge is 0.344 e. The fourth-order valence-corrected chi connectivity index (χ4v) is 1.97. The summed E-state index contributed by atoms with van der Waals surface area (Å²) in [5, 5.41) is 2.66. The van der Waals surface area contributed by atoms with Crippen LogP contribution in [0.1, 0.15) is 16.7 Å². The number of carbonyl (C=O) groups is 2. The van der Waals surface area contributed by atoms with Crippen LogP contribution in [-0.2, 0) is 14.3 Å². The number of anilines is 1. The van der Waals surface area contributed by atoms with Gasteiger partial charge in [0.2, 0.25) is 0 Å². The van der Waals surface area contributed by atoms with Crippen LogP contribution in [0.2, 0.25) is 0 Å². The maximum Gasteiger partial charge on any atom is 0.344 e. The normalized spacial score (nSPS) is 10.1. The Hall–Kier alpha value is -2.82. The van der Waals surface area contributed by atoms with E-state index in [0.717, 1.165) is 16.7 Å². The first-order valence-electron chi connectivity index (χ1n) is 7.66. The number of rotatable bonds is 6. The van der Waals surface area contributed by atoms with Gasteiger partial charge in [-0.3, -0.25) is 4.79 Å². The molecular formula is C19H21NO4. The quantitative estimate of drug-likeness (QED) is 0.828. The molecule has 0 radical (unpaired) electrons. The van der Waals surface area contributed by atoms with Gasteiger partial charge in [0, 0.05) is 5.69 Å². The molecule has 1 amide bonds. The number of carbonyl (C=O) groups excluding carboxylic acids is 2. The van der Waals surface area contributed by atoms with Gasteiger partial charge in [0.05, 0.1) is 0 Å². The molecule has 126 valence electrons. The molecule has 0 saturated carbocycles. The Morgan fingerprint density at radius 3 is 2.29 bits per heavy atom. The van der Waals surface area contributed by atoms with E-state index in [-0.39, 0.29) is 13.2 Å². The summed E-state index contributed by atoms with van der Waals surface area (Å²) in [6.07, 6.45) is 0. The van der Waals surface area contributed by atoms with Crippen LogP contribution in [0.4, 0.5) is 5.69 Å². The van der Waals surface area contributed by atoms with Crippen molar-refractivity contribution in [3.05, 3.63) is 59.2 Å². The number of ether oxygens (including phenoxy) is 2. The third kappa shape index (κ3) is 5.43. The molecule has 5 nitrogen and oxygen atoms in total. The number of hydrogen-bond acceptors (Lipinski definition) is 4. The Labute approximate surface area is 141 Å². The van der Waals surface area contributed by atoms with Crippen molar-refractivity contribution in [2.24, 2.45) is 0 Å². The van der Waals surface area contributed by atoms with Crippen LogP contribution in [-0.4, -0.2) is 25.1 Å². The highest BCUT2D eigenvalue weighted by atomic mass is 16.6. The standard InChI is InChI=1S/C19H21NO4/c1-13-4-7-16(8-5-13)20-18(21)11-24-19(22)12-23-17-9-6-14(2)15(3)10-17/h4-10H,11-12H2,1-3H3,(H,20,21). The van der Waals surface area contributed by atoms with Gasteiger partial charge >= 0.3 is 5.97 Å². The molecule has 0 aliphatic rings. The average molecular weight is 327 g/mol. The summed E-state index contributed by atoms with van der Waals surface area (Å²) in [6, 6.07) is 12.9. The van der Waals surface area contributed by atoms with E-state index < -0.39 is 11.9 Å². The highest BCUT2D eigenvalue weighted by Crippen LogP contribution is 2.16. The predicted molar refractivity (Wildman–Crippen MR) is 92.2 cm³/mol. The van der Waals surface area contributed by atoms with Crippen molar-refractivity contribution < 1.29 is 19.1 Å². The van der Waals surface area contributed by atoms with E-state index in [2.05, 4.69) is 5.32 Å². The highest BCUT2D eigenvalue weighted by Gasteiger charge is 2.09. The van der Waals surface area contributed by atoms with Gasteiger partial charge in [0.15, 0.2) is 13.2 Å². The van der Waals surface area contributed by atoms with Gasteiger partial charge in [-0.25, -0.2) is 4.79 Å². The van der Waals surface area contributed by atoms with Crippen LogP contribution in [0, 0.1) is 20.8 Å². The van der Waals surface area contributed by atoms with Crippen molar-refractivity contribution in [1.29, 1.82) is 0 Å². The molecule has 0 saturated heterocycles. The minimum atomic E-state index is -0.590. The van der Waals surface area contributed by atoms with Crippen molar-refractivity contribution in [3.8, 4) is 5.75 Å². The van der Waals surface area contributed by atoms with Crippen molar-refractivity contribution in [2.45, 2.75) is 20.8 Å². The summed E-state index contributed by atoms with van der Waals surface area (Å²) in [5.41, 5.74) is 3.99. The van der Waals surface area contributed by atoms with Gasteiger partial charge in [-0.15, -0.1) is 0 Å². The number of esters is 1. The van der Waals surface area contributed by atoms with Crippen LogP contribution < -0.4 is 10.1 Å². The third-order valence-corrected chi connectivity index (χ3v) is 3.53. The van der Waals surface area contributed by atoms with Crippen molar-refractivity contribution in [1.82, 2.24) is 0 Å². The van der Waals surface area contributed by atoms with Crippen molar-refractivity contribution >= 4 is 17.6 Å². The lowest BCUT2D eigenvalue weighted by atomic mass is 10.1. The van der Waals surface area contributed by atoms with Crippen LogP contribution in [0.5, 0.6) is 5.75 Å². The SMILES string of the molecule is Cc1ccc(NC(=O)COC(=O)COc2ccc(C)c(C)c2)cc1. The van der Waals surface area contributed by atoms with Crippen LogP contribution >= 0.6 is 0 Å². The molecule has 5 heteroatoms. The molecule has 0 spiro atoms. The Kier molecular flexibility index (Phi) is 5.95. The van der Waals surface area contributed by atoms with Crippen LogP contribution in [0.25, 0.3) is 0 Å². The summed E-state index contributed by atoms with van der Waals surface area (Å²) in [5.74, 6) is -0.384. The second-order valence-electron chi connectivity index (χ2n) is 5.61. The van der Waals surface area contributed by atoms with Crippen LogP contribution in [0.15, 0.2) is 42.5 Å². The topological polar surface area (TPSA) is 64.6 Å². The number of amides is 1. The van der Waals surface area contributed by atoms with Gasteiger partial charge in [-0.1, -0.05) is 23.8 Å². The number of nitrogens with one attached hydrogen (secondary N) is 1. The van der Waals surface area contributed by atoms with E-state index in [9.17, 15) is 9.59 Å². The highest BCUT2D eigenvalue weighted by molar-refractivity contribution is 5.92. The molecule has 24 heavy (non-hydrogen) atoms. The summed E-state index contributed by atoms with van der Waals surface area (Å²) >= 11 is 0. The minimum absolute atomic E-state index is 0.236. The maximum atomic E-state index is 11.7. The Balaban J connectivity index is 1.73. The summed E-state index contributed by atoms with van der Waals surface area (Å²) < 4.78 is 10.3. The largest absolute Gasteiger partial charge is 0.482 e. The van der Waals surface area contributed by atoms with E-state index >= 15 is 0 Å². The van der Waals surface area contributed by atoms with E-state index in [0.29, 0.717) is 11.4 Å². The molecule has 2 aromatic carbocycles. The second-order valence-corrected chi connectivity index (χ2v) is 5.61. The first-order chi connectivity index (χ1) is 11.4. The first-order valence-corrected chi connectivity index (χ1v) is 7.66. The Morgan fingerprint density at radius 1 is 0.917 bits per heavy atom. The number of aryl methyl sites for hydroxylation is 3. The van der Waals surface area contributed by atoms with Gasteiger partial charge < -0.3 is 14.8 Å². The summed E-state index contributed by atoms with van der Waals surface area (Å²) in [7, 11) is 0. The zero-order chi connectivity index (χ0) is 17.5. The lowest BCUT2D eigenvalue weighted by Gasteiger charge is -2.09. The van der Waals surface area contributed by atoms with E-state index in [1.807, 2.05) is 45.0 Å². The molecule has 0 aromatic heterocycles. The van der Waals surface area contributed by atoms with Crippen molar-refractivity contribution in [3.63, 3.8) is 0 Å². The zero-order valence-electron chi connectivity index (χ0n) is 14.1. The Bertz CT molecular complexity index is 723. The van der Waals surface area contributed by atoms with Gasteiger partial charge in [-0.2, -0.15) is 0 Å². The second kappa shape index (κ2) is 8.15. The molecule has 0 aliphatic heterocycles. The maximum absolute atomic E-state index is 11.7. The van der Waals surface area contributed by atoms with Gasteiger partial charge in [0.25, 0.3) is 5.91 Å².